The molecule has 1 aliphatic heterocycles. The molecule has 8 heteroatoms. The maximum Gasteiger partial charge on any atom is 0.291 e. The van der Waals surface area contributed by atoms with Crippen LogP contribution in [0.1, 0.15) is 34.3 Å². The van der Waals surface area contributed by atoms with E-state index in [0.717, 1.165) is 33.7 Å². The Morgan fingerprint density at radius 3 is 2.65 bits per heavy atom. The first-order valence-corrected chi connectivity index (χ1v) is 11.0. The van der Waals surface area contributed by atoms with Gasteiger partial charge in [-0.05, 0) is 49.4 Å². The quantitative estimate of drug-likeness (QED) is 0.404. The second-order valence-electron chi connectivity index (χ2n) is 7.99. The van der Waals surface area contributed by atoms with Crippen LogP contribution in [0.15, 0.2) is 76.6 Å². The van der Waals surface area contributed by atoms with Crippen LogP contribution in [-0.4, -0.2) is 27.4 Å². The molecule has 1 aliphatic rings. The lowest BCUT2D eigenvalue weighted by Gasteiger charge is -2.08. The number of anilines is 1. The summed E-state index contributed by atoms with van der Waals surface area (Å²) in [5.74, 6) is 0.597. The fraction of sp³-hybridized carbons (Fsp3) is 0.115. The standard InChI is InChI=1S/C26H19ClN4O3/c1-15(32)9-19-5-4-16(13-28-19)18-10-17-11-23(31-25(17)29-14-18)21-12-20(6-7-22(21)27)30-26(33)24-3-2-8-34-24/h2-8,10,12-14H,9,11H2,1H3,(H,30,33). The number of carbonyl (C=O) groups is 2. The summed E-state index contributed by atoms with van der Waals surface area (Å²) in [5.41, 5.74) is 5.64. The molecule has 3 aromatic heterocycles. The number of carbonyl (C=O) groups excluding carboxylic acids is 2. The van der Waals surface area contributed by atoms with Crippen molar-refractivity contribution in [2.45, 2.75) is 19.8 Å². The fourth-order valence-electron chi connectivity index (χ4n) is 3.77. The van der Waals surface area contributed by atoms with Crippen molar-refractivity contribution in [2.24, 2.45) is 4.99 Å². The highest BCUT2D eigenvalue weighted by Gasteiger charge is 2.21. The van der Waals surface area contributed by atoms with Gasteiger partial charge in [-0.15, -0.1) is 0 Å². The molecule has 1 N–H and O–H groups in total. The highest BCUT2D eigenvalue weighted by Crippen LogP contribution is 2.33. The third kappa shape index (κ3) is 4.51. The zero-order valence-corrected chi connectivity index (χ0v) is 19.0. The van der Waals surface area contributed by atoms with E-state index in [-0.39, 0.29) is 17.5 Å². The molecule has 1 aromatic carbocycles. The molecule has 0 bridgehead atoms. The number of hydrogen-bond donors (Lipinski definition) is 1. The normalized spacial score (nSPS) is 12.2. The molecule has 0 saturated carbocycles. The van der Waals surface area contributed by atoms with Gasteiger partial charge in [0.1, 0.15) is 5.78 Å². The molecular formula is C26H19ClN4O3. The summed E-state index contributed by atoms with van der Waals surface area (Å²) in [5, 5.41) is 3.35. The highest BCUT2D eigenvalue weighted by atomic mass is 35.5. The Morgan fingerprint density at radius 1 is 1.06 bits per heavy atom. The van der Waals surface area contributed by atoms with Gasteiger partial charge in [0.2, 0.25) is 0 Å². The molecule has 0 aliphatic carbocycles. The van der Waals surface area contributed by atoms with Gasteiger partial charge in [0.05, 0.1) is 12.0 Å². The predicted molar refractivity (Wildman–Crippen MR) is 130 cm³/mol. The van der Waals surface area contributed by atoms with Gasteiger partial charge in [-0.3, -0.25) is 14.6 Å². The van der Waals surface area contributed by atoms with Crippen molar-refractivity contribution >= 4 is 40.5 Å². The lowest BCUT2D eigenvalue weighted by atomic mass is 10.0. The van der Waals surface area contributed by atoms with Crippen molar-refractivity contribution in [3.63, 3.8) is 0 Å². The molecule has 168 valence electrons. The minimum absolute atomic E-state index is 0.0763. The number of aliphatic imine (C=N–C) groups is 1. The van der Waals surface area contributed by atoms with Gasteiger partial charge in [-0.2, -0.15) is 0 Å². The number of benzene rings is 1. The molecule has 0 atom stereocenters. The molecule has 0 spiro atoms. The largest absolute Gasteiger partial charge is 0.459 e. The molecule has 4 aromatic rings. The van der Waals surface area contributed by atoms with E-state index < -0.39 is 0 Å². The number of halogens is 1. The van der Waals surface area contributed by atoms with E-state index in [1.54, 1.807) is 49.6 Å². The Hall–Kier alpha value is -4.10. The number of amides is 1. The number of ketones is 1. The van der Waals surface area contributed by atoms with Crippen molar-refractivity contribution in [3.05, 3.63) is 94.8 Å². The summed E-state index contributed by atoms with van der Waals surface area (Å²) in [6.45, 7) is 1.55. The van der Waals surface area contributed by atoms with Crippen molar-refractivity contribution < 1.29 is 14.0 Å². The Labute approximate surface area is 200 Å². The number of Topliss-reactive ketones (excluding diaryl/α,β-unsaturated/α-hetero) is 1. The first-order chi connectivity index (χ1) is 16.5. The first-order valence-electron chi connectivity index (χ1n) is 10.6. The molecule has 5 rings (SSSR count). The van der Waals surface area contributed by atoms with Crippen LogP contribution >= 0.6 is 11.6 Å². The van der Waals surface area contributed by atoms with Crippen LogP contribution in [0.25, 0.3) is 11.1 Å². The van der Waals surface area contributed by atoms with E-state index in [0.29, 0.717) is 29.4 Å². The van der Waals surface area contributed by atoms with Crippen LogP contribution in [0.5, 0.6) is 0 Å². The Kier molecular flexibility index (Phi) is 5.77. The predicted octanol–water partition coefficient (Wildman–Crippen LogP) is 5.45. The zero-order valence-electron chi connectivity index (χ0n) is 18.2. The summed E-state index contributed by atoms with van der Waals surface area (Å²) in [6.07, 6.45) is 5.84. The summed E-state index contributed by atoms with van der Waals surface area (Å²) in [6, 6.07) is 14.3. The van der Waals surface area contributed by atoms with E-state index in [1.807, 2.05) is 18.2 Å². The summed E-state index contributed by atoms with van der Waals surface area (Å²) in [4.78, 5) is 37.2. The average Bonchev–Trinajstić information content (AvgIpc) is 3.50. The highest BCUT2D eigenvalue weighted by molar-refractivity contribution is 6.34. The number of pyridine rings is 2. The number of fused-ring (bicyclic) bond motifs is 1. The van der Waals surface area contributed by atoms with Crippen molar-refractivity contribution in [1.29, 1.82) is 0 Å². The summed E-state index contributed by atoms with van der Waals surface area (Å²) < 4.78 is 5.15. The molecule has 7 nitrogen and oxygen atoms in total. The number of nitrogens with zero attached hydrogens (tertiary/aromatic N) is 3. The topological polar surface area (TPSA) is 97.5 Å². The molecule has 1 amide bonds. The third-order valence-electron chi connectivity index (χ3n) is 5.41. The molecule has 4 heterocycles. The minimum Gasteiger partial charge on any atom is -0.459 e. The summed E-state index contributed by atoms with van der Waals surface area (Å²) >= 11 is 6.47. The number of rotatable bonds is 6. The first kappa shape index (κ1) is 21.7. The van der Waals surface area contributed by atoms with Gasteiger partial charge < -0.3 is 9.73 Å². The zero-order chi connectivity index (χ0) is 23.7. The monoisotopic (exact) mass is 470 g/mol. The van der Waals surface area contributed by atoms with E-state index >= 15 is 0 Å². The Morgan fingerprint density at radius 2 is 1.91 bits per heavy atom. The van der Waals surface area contributed by atoms with Crippen LogP contribution in [0.4, 0.5) is 11.5 Å². The SMILES string of the molecule is CC(=O)Cc1ccc(-c2cnc3c(c2)CC(c2cc(NC(=O)c4ccco4)ccc2Cl)=N3)cn1. The molecule has 0 saturated heterocycles. The number of furan rings is 1. The van der Waals surface area contributed by atoms with Gasteiger partial charge in [0, 0.05) is 63.9 Å². The number of hydrogen-bond acceptors (Lipinski definition) is 6. The molecule has 0 fully saturated rings. The third-order valence-corrected chi connectivity index (χ3v) is 5.74. The van der Waals surface area contributed by atoms with Gasteiger partial charge in [0.15, 0.2) is 11.6 Å². The van der Waals surface area contributed by atoms with E-state index in [9.17, 15) is 9.59 Å². The second kappa shape index (κ2) is 9.03. The van der Waals surface area contributed by atoms with Crippen LogP contribution in [-0.2, 0) is 17.6 Å². The van der Waals surface area contributed by atoms with E-state index in [4.69, 9.17) is 16.0 Å². The van der Waals surface area contributed by atoms with Crippen LogP contribution in [0, 0.1) is 0 Å². The van der Waals surface area contributed by atoms with Gasteiger partial charge in [-0.1, -0.05) is 17.7 Å². The average molecular weight is 471 g/mol. The lowest BCUT2D eigenvalue weighted by Crippen LogP contribution is -2.11. The van der Waals surface area contributed by atoms with Crippen LogP contribution in [0.3, 0.4) is 0 Å². The van der Waals surface area contributed by atoms with E-state index in [2.05, 4.69) is 20.3 Å². The van der Waals surface area contributed by atoms with Gasteiger partial charge in [-0.25, -0.2) is 9.98 Å². The van der Waals surface area contributed by atoms with Crippen molar-refractivity contribution in [2.75, 3.05) is 5.32 Å². The van der Waals surface area contributed by atoms with Crippen LogP contribution in [0.2, 0.25) is 5.02 Å². The molecule has 0 unspecified atom stereocenters. The van der Waals surface area contributed by atoms with Crippen LogP contribution < -0.4 is 5.32 Å². The maximum absolute atomic E-state index is 12.3. The second-order valence-corrected chi connectivity index (χ2v) is 8.39. The summed E-state index contributed by atoms with van der Waals surface area (Å²) in [7, 11) is 0. The Bertz CT molecular complexity index is 1430. The molecular weight excluding hydrogens is 452 g/mol. The van der Waals surface area contributed by atoms with Gasteiger partial charge >= 0.3 is 0 Å². The lowest BCUT2D eigenvalue weighted by molar-refractivity contribution is -0.116. The van der Waals surface area contributed by atoms with Crippen molar-refractivity contribution in [1.82, 2.24) is 9.97 Å². The smallest absolute Gasteiger partial charge is 0.291 e. The number of aromatic nitrogens is 2. The number of nitrogens with one attached hydrogen (secondary N) is 1. The van der Waals surface area contributed by atoms with Gasteiger partial charge in [0.25, 0.3) is 5.91 Å². The van der Waals surface area contributed by atoms with E-state index in [1.165, 1.54) is 6.26 Å². The van der Waals surface area contributed by atoms with Crippen molar-refractivity contribution in [3.8, 4) is 11.1 Å². The molecule has 0 radical (unpaired) electrons. The minimum atomic E-state index is -0.343. The Balaban J connectivity index is 1.36. The molecule has 34 heavy (non-hydrogen) atoms. The maximum atomic E-state index is 12.3. The fourth-order valence-corrected chi connectivity index (χ4v) is 4.00.